The second-order valence-corrected chi connectivity index (χ2v) is 5.11. The molecular formula is C17H17N3O5. The van der Waals surface area contributed by atoms with Crippen molar-refractivity contribution in [1.29, 1.82) is 0 Å². The highest BCUT2D eigenvalue weighted by Gasteiger charge is 2.13. The van der Waals surface area contributed by atoms with Gasteiger partial charge in [0.05, 0.1) is 30.0 Å². The smallest absolute Gasteiger partial charge is 0.273 e. The number of amides is 1. The van der Waals surface area contributed by atoms with E-state index >= 15 is 0 Å². The fourth-order valence-corrected chi connectivity index (χ4v) is 1.93. The van der Waals surface area contributed by atoms with Gasteiger partial charge in [-0.2, -0.15) is 0 Å². The predicted molar refractivity (Wildman–Crippen MR) is 93.0 cm³/mol. The maximum Gasteiger partial charge on any atom is 0.273 e. The number of non-ortho nitro benzene ring substituents is 1. The van der Waals surface area contributed by atoms with Crippen molar-refractivity contribution in [3.63, 3.8) is 0 Å². The molecule has 0 radical (unpaired) electrons. The molecule has 8 heteroatoms. The zero-order valence-electron chi connectivity index (χ0n) is 13.8. The summed E-state index contributed by atoms with van der Waals surface area (Å²) in [5.41, 5.74) is 2.16. The van der Waals surface area contributed by atoms with E-state index in [-0.39, 0.29) is 18.0 Å². The third-order valence-corrected chi connectivity index (χ3v) is 3.22. The second-order valence-electron chi connectivity index (χ2n) is 5.11. The summed E-state index contributed by atoms with van der Waals surface area (Å²) in [6, 6.07) is 11.5. The molecule has 8 nitrogen and oxygen atoms in total. The Morgan fingerprint density at radius 1 is 1.28 bits per heavy atom. The van der Waals surface area contributed by atoms with Crippen LogP contribution in [0.2, 0.25) is 0 Å². The van der Waals surface area contributed by atoms with E-state index in [1.54, 1.807) is 0 Å². The molecule has 0 spiro atoms. The number of oxime groups is 1. The molecule has 130 valence electrons. The highest BCUT2D eigenvalue weighted by atomic mass is 16.6. The van der Waals surface area contributed by atoms with Crippen LogP contribution in [0, 0.1) is 17.0 Å². The molecule has 0 saturated heterocycles. The van der Waals surface area contributed by atoms with Crippen molar-refractivity contribution >= 4 is 23.5 Å². The van der Waals surface area contributed by atoms with Crippen LogP contribution < -0.4 is 10.1 Å². The molecule has 1 N–H and O–H groups in total. The molecule has 0 aliphatic heterocycles. The Hall–Kier alpha value is -3.42. The summed E-state index contributed by atoms with van der Waals surface area (Å²) in [5.74, 6) is -0.279. The minimum Gasteiger partial charge on any atom is -0.494 e. The number of methoxy groups -OCH3 is 1. The lowest BCUT2D eigenvalue weighted by Crippen LogP contribution is -2.17. The molecule has 1 amide bonds. The number of ether oxygens (including phenoxy) is 1. The Bertz CT molecular complexity index is 787. The minimum atomic E-state index is -0.545. The van der Waals surface area contributed by atoms with Crippen LogP contribution >= 0.6 is 0 Å². The van der Waals surface area contributed by atoms with Gasteiger partial charge in [0.15, 0.2) is 6.61 Å². The largest absolute Gasteiger partial charge is 0.494 e. The lowest BCUT2D eigenvalue weighted by atomic mass is 10.2. The molecule has 0 fully saturated rings. The molecular weight excluding hydrogens is 326 g/mol. The van der Waals surface area contributed by atoms with Gasteiger partial charge in [0.1, 0.15) is 5.75 Å². The number of nitro groups is 1. The number of aryl methyl sites for hydroxylation is 1. The maximum absolute atomic E-state index is 11.9. The summed E-state index contributed by atoms with van der Waals surface area (Å²) >= 11 is 0. The quantitative estimate of drug-likeness (QED) is 0.473. The number of nitrogens with zero attached hydrogens (tertiary/aromatic N) is 2. The Morgan fingerprint density at radius 2 is 2.00 bits per heavy atom. The first-order valence-electron chi connectivity index (χ1n) is 7.34. The molecule has 0 bridgehead atoms. The van der Waals surface area contributed by atoms with Crippen LogP contribution in [0.15, 0.2) is 47.6 Å². The zero-order valence-corrected chi connectivity index (χ0v) is 13.8. The van der Waals surface area contributed by atoms with Crippen LogP contribution in [0.3, 0.4) is 0 Å². The fraction of sp³-hybridized carbons (Fsp3) is 0.176. The van der Waals surface area contributed by atoms with Crippen molar-refractivity contribution in [2.45, 2.75) is 6.92 Å². The van der Waals surface area contributed by atoms with Gasteiger partial charge in [-0.3, -0.25) is 14.9 Å². The summed E-state index contributed by atoms with van der Waals surface area (Å²) < 4.78 is 5.04. The molecule has 2 rings (SSSR count). The predicted octanol–water partition coefficient (Wildman–Crippen LogP) is 2.90. The number of nitro benzene ring substituents is 1. The molecule has 0 saturated carbocycles. The van der Waals surface area contributed by atoms with Gasteiger partial charge in [0.25, 0.3) is 11.6 Å². The van der Waals surface area contributed by atoms with Gasteiger partial charge in [0, 0.05) is 6.07 Å². The molecule has 0 heterocycles. The molecule has 0 aliphatic rings. The van der Waals surface area contributed by atoms with Gasteiger partial charge in [-0.1, -0.05) is 35.0 Å². The monoisotopic (exact) mass is 343 g/mol. The fourth-order valence-electron chi connectivity index (χ4n) is 1.93. The van der Waals surface area contributed by atoms with Crippen molar-refractivity contribution in [1.82, 2.24) is 0 Å². The van der Waals surface area contributed by atoms with Crippen molar-refractivity contribution in [2.24, 2.45) is 5.16 Å². The van der Waals surface area contributed by atoms with Crippen LogP contribution in [0.1, 0.15) is 11.1 Å². The van der Waals surface area contributed by atoms with E-state index in [4.69, 9.17) is 9.57 Å². The Kier molecular flexibility index (Phi) is 6.05. The molecule has 0 aromatic heterocycles. The molecule has 2 aromatic carbocycles. The zero-order chi connectivity index (χ0) is 18.2. The van der Waals surface area contributed by atoms with E-state index in [0.29, 0.717) is 5.69 Å². The van der Waals surface area contributed by atoms with Crippen LogP contribution in [-0.4, -0.2) is 30.8 Å². The Balaban J connectivity index is 1.89. The maximum atomic E-state index is 11.9. The van der Waals surface area contributed by atoms with Crippen LogP contribution in [0.4, 0.5) is 11.4 Å². The summed E-state index contributed by atoms with van der Waals surface area (Å²) in [6.45, 7) is 1.68. The normalized spacial score (nSPS) is 10.5. The number of benzene rings is 2. The number of hydrogen-bond acceptors (Lipinski definition) is 6. The van der Waals surface area contributed by atoms with E-state index in [1.165, 1.54) is 31.5 Å². The molecule has 25 heavy (non-hydrogen) atoms. The minimum absolute atomic E-state index is 0.131. The number of nitrogens with one attached hydrogen (secondary N) is 1. The van der Waals surface area contributed by atoms with Crippen molar-refractivity contribution in [3.05, 3.63) is 63.7 Å². The topological polar surface area (TPSA) is 103 Å². The average Bonchev–Trinajstić information content (AvgIpc) is 2.60. The number of rotatable bonds is 7. The van der Waals surface area contributed by atoms with Crippen molar-refractivity contribution in [2.75, 3.05) is 19.0 Å². The van der Waals surface area contributed by atoms with Gasteiger partial charge in [-0.05, 0) is 18.6 Å². The lowest BCUT2D eigenvalue weighted by molar-refractivity contribution is -0.384. The summed E-state index contributed by atoms with van der Waals surface area (Å²) in [4.78, 5) is 27.0. The van der Waals surface area contributed by atoms with Gasteiger partial charge in [-0.25, -0.2) is 0 Å². The summed E-state index contributed by atoms with van der Waals surface area (Å²) in [6.07, 6.45) is 1.50. The van der Waals surface area contributed by atoms with Gasteiger partial charge < -0.3 is 14.9 Å². The van der Waals surface area contributed by atoms with Crippen molar-refractivity contribution in [3.8, 4) is 5.75 Å². The van der Waals surface area contributed by atoms with Crippen LogP contribution in [-0.2, 0) is 9.63 Å². The number of carbonyl (C=O) groups is 1. The van der Waals surface area contributed by atoms with Gasteiger partial charge in [0.2, 0.25) is 0 Å². The molecule has 0 atom stereocenters. The van der Waals surface area contributed by atoms with Crippen LogP contribution in [0.5, 0.6) is 5.75 Å². The highest BCUT2D eigenvalue weighted by Crippen LogP contribution is 2.28. The third kappa shape index (κ3) is 5.31. The molecule has 2 aromatic rings. The first kappa shape index (κ1) is 17.9. The Morgan fingerprint density at radius 3 is 2.64 bits per heavy atom. The molecule has 0 aliphatic carbocycles. The van der Waals surface area contributed by atoms with E-state index < -0.39 is 10.8 Å². The summed E-state index contributed by atoms with van der Waals surface area (Å²) in [7, 11) is 1.36. The first-order valence-corrected chi connectivity index (χ1v) is 7.34. The van der Waals surface area contributed by atoms with E-state index in [0.717, 1.165) is 11.1 Å². The number of hydrogen-bond donors (Lipinski definition) is 1. The average molecular weight is 343 g/mol. The SMILES string of the molecule is COc1cc([N+](=O)[O-])ccc1NC(=O)CO/N=C\c1ccc(C)cc1. The Labute approximate surface area is 144 Å². The molecule has 0 unspecified atom stereocenters. The van der Waals surface area contributed by atoms with E-state index in [1.807, 2.05) is 31.2 Å². The lowest BCUT2D eigenvalue weighted by Gasteiger charge is -2.09. The standard InChI is InChI=1S/C17H17N3O5/c1-12-3-5-13(6-4-12)10-18-25-11-17(21)19-15-8-7-14(20(22)23)9-16(15)24-2/h3-10H,11H2,1-2H3,(H,19,21)/b18-10-. The van der Waals surface area contributed by atoms with E-state index in [2.05, 4.69) is 10.5 Å². The van der Waals surface area contributed by atoms with Gasteiger partial charge >= 0.3 is 0 Å². The first-order chi connectivity index (χ1) is 12.0. The second kappa shape index (κ2) is 8.44. The highest BCUT2D eigenvalue weighted by molar-refractivity contribution is 5.93. The van der Waals surface area contributed by atoms with Crippen molar-refractivity contribution < 1.29 is 19.3 Å². The van der Waals surface area contributed by atoms with Crippen LogP contribution in [0.25, 0.3) is 0 Å². The van der Waals surface area contributed by atoms with E-state index in [9.17, 15) is 14.9 Å². The third-order valence-electron chi connectivity index (χ3n) is 3.22. The summed E-state index contributed by atoms with van der Waals surface area (Å²) in [5, 5.41) is 17.0. The number of anilines is 1. The number of carbonyl (C=O) groups excluding carboxylic acids is 1. The van der Waals surface area contributed by atoms with Gasteiger partial charge in [-0.15, -0.1) is 0 Å².